The minimum Gasteiger partial charge on any atom is -0.468 e. The largest absolute Gasteiger partial charge is 0.468 e. The van der Waals surface area contributed by atoms with Gasteiger partial charge in [-0.15, -0.1) is 10.2 Å². The van der Waals surface area contributed by atoms with Crippen LogP contribution in [0.4, 0.5) is 5.13 Å². The fraction of sp³-hybridized carbons (Fsp3) is 0.357. The Morgan fingerprint density at radius 3 is 2.62 bits per heavy atom. The number of carbonyl (C=O) groups excluding carboxylic acids is 1. The number of esters is 1. The van der Waals surface area contributed by atoms with Crippen LogP contribution in [0.2, 0.25) is 0 Å². The highest BCUT2D eigenvalue weighted by molar-refractivity contribution is 8.01. The fourth-order valence-corrected chi connectivity index (χ4v) is 3.77. The first-order valence-electron chi connectivity index (χ1n) is 6.49. The first-order valence-corrected chi connectivity index (χ1v) is 8.19. The zero-order valence-corrected chi connectivity index (χ0v) is 13.7. The molecule has 0 radical (unpaired) electrons. The molecule has 7 heteroatoms. The summed E-state index contributed by atoms with van der Waals surface area (Å²) in [5.74, 6) is -0.292. The number of carbonyl (C=O) groups is 1. The normalized spacial score (nSPS) is 12.2. The molecule has 1 aromatic heterocycles. The Kier molecular flexibility index (Phi) is 5.58. The highest BCUT2D eigenvalue weighted by Gasteiger charge is 2.24. The van der Waals surface area contributed by atoms with Crippen LogP contribution in [0, 0.1) is 0 Å². The molecule has 2 aromatic rings. The predicted octanol–water partition coefficient (Wildman–Crippen LogP) is 3.36. The van der Waals surface area contributed by atoms with Gasteiger partial charge < -0.3 is 10.1 Å². The summed E-state index contributed by atoms with van der Waals surface area (Å²) < 4.78 is 5.63. The summed E-state index contributed by atoms with van der Waals surface area (Å²) in [4.78, 5) is 12.0. The van der Waals surface area contributed by atoms with Crippen molar-refractivity contribution in [1.29, 1.82) is 0 Å². The molecule has 1 N–H and O–H groups in total. The SMILES string of the molecule is COC(=O)[C@@H](Sc1nnc(NC(C)C)s1)c1ccccc1. The second kappa shape index (κ2) is 7.42. The van der Waals surface area contributed by atoms with Crippen LogP contribution in [0.5, 0.6) is 0 Å². The Morgan fingerprint density at radius 2 is 2.00 bits per heavy atom. The van der Waals surface area contributed by atoms with Gasteiger partial charge in [-0.25, -0.2) is 0 Å². The summed E-state index contributed by atoms with van der Waals surface area (Å²) in [5, 5.41) is 11.7. The Balaban J connectivity index is 2.16. The van der Waals surface area contributed by atoms with Crippen LogP contribution in [0.15, 0.2) is 34.7 Å². The number of hydrogen-bond acceptors (Lipinski definition) is 7. The number of nitrogens with one attached hydrogen (secondary N) is 1. The van der Waals surface area contributed by atoms with E-state index in [1.165, 1.54) is 30.2 Å². The van der Waals surface area contributed by atoms with Crippen molar-refractivity contribution >= 4 is 34.2 Å². The van der Waals surface area contributed by atoms with Crippen molar-refractivity contribution in [1.82, 2.24) is 10.2 Å². The topological polar surface area (TPSA) is 64.1 Å². The molecule has 0 saturated heterocycles. The van der Waals surface area contributed by atoms with Crippen LogP contribution in [0.25, 0.3) is 0 Å². The third-order valence-corrected chi connectivity index (χ3v) is 4.73. The van der Waals surface area contributed by atoms with Gasteiger partial charge in [0.15, 0.2) is 4.34 Å². The molecule has 1 aromatic carbocycles. The van der Waals surface area contributed by atoms with Crippen molar-refractivity contribution in [3.63, 3.8) is 0 Å². The van der Waals surface area contributed by atoms with E-state index in [2.05, 4.69) is 15.5 Å². The average molecular weight is 323 g/mol. The summed E-state index contributed by atoms with van der Waals surface area (Å²) in [6.07, 6.45) is 0. The van der Waals surface area contributed by atoms with Crippen molar-refractivity contribution in [2.24, 2.45) is 0 Å². The second-order valence-corrected chi connectivity index (χ2v) is 6.93. The smallest absolute Gasteiger partial charge is 0.323 e. The Labute approximate surface area is 132 Å². The van der Waals surface area contributed by atoms with Crippen molar-refractivity contribution in [2.75, 3.05) is 12.4 Å². The van der Waals surface area contributed by atoms with Gasteiger partial charge in [0.05, 0.1) is 7.11 Å². The van der Waals surface area contributed by atoms with Crippen LogP contribution in [-0.2, 0) is 9.53 Å². The highest BCUT2D eigenvalue weighted by Crippen LogP contribution is 2.38. The first-order chi connectivity index (χ1) is 10.1. The van der Waals surface area contributed by atoms with Gasteiger partial charge in [0.1, 0.15) is 5.25 Å². The first kappa shape index (κ1) is 15.8. The molecule has 0 aliphatic heterocycles. The third-order valence-electron chi connectivity index (χ3n) is 2.55. The van der Waals surface area contributed by atoms with Gasteiger partial charge >= 0.3 is 5.97 Å². The predicted molar refractivity (Wildman–Crippen MR) is 85.7 cm³/mol. The Hall–Kier alpha value is -1.60. The standard InChI is InChI=1S/C14H17N3O2S2/c1-9(2)15-13-16-17-14(21-13)20-11(12(18)19-3)10-7-5-4-6-8-10/h4-9,11H,1-3H3,(H,15,16)/t11-/m0/s1. The molecule has 21 heavy (non-hydrogen) atoms. The number of benzene rings is 1. The molecule has 5 nitrogen and oxygen atoms in total. The number of anilines is 1. The van der Waals surface area contributed by atoms with Gasteiger partial charge in [0.25, 0.3) is 0 Å². The van der Waals surface area contributed by atoms with E-state index in [9.17, 15) is 4.79 Å². The fourth-order valence-electron chi connectivity index (χ4n) is 1.65. The molecule has 0 aliphatic carbocycles. The van der Waals surface area contributed by atoms with Gasteiger partial charge in [0, 0.05) is 6.04 Å². The number of methoxy groups -OCH3 is 1. The van der Waals surface area contributed by atoms with Crippen LogP contribution < -0.4 is 5.32 Å². The molecule has 112 valence electrons. The van der Waals surface area contributed by atoms with E-state index < -0.39 is 5.25 Å². The molecular weight excluding hydrogens is 306 g/mol. The maximum atomic E-state index is 12.0. The van der Waals surface area contributed by atoms with Crippen LogP contribution in [-0.4, -0.2) is 29.3 Å². The summed E-state index contributed by atoms with van der Waals surface area (Å²) in [6, 6.07) is 9.82. The molecular formula is C14H17N3O2S2. The molecule has 0 bridgehead atoms. The monoisotopic (exact) mass is 323 g/mol. The average Bonchev–Trinajstić information content (AvgIpc) is 2.91. The van der Waals surface area contributed by atoms with Crippen molar-refractivity contribution in [3.05, 3.63) is 35.9 Å². The molecule has 0 saturated carbocycles. The number of rotatable bonds is 6. The van der Waals surface area contributed by atoms with E-state index in [1.54, 1.807) is 0 Å². The van der Waals surface area contributed by atoms with Crippen molar-refractivity contribution < 1.29 is 9.53 Å². The van der Waals surface area contributed by atoms with E-state index in [4.69, 9.17) is 4.74 Å². The van der Waals surface area contributed by atoms with Crippen LogP contribution >= 0.6 is 23.1 Å². The molecule has 0 amide bonds. The van der Waals surface area contributed by atoms with Gasteiger partial charge in [-0.1, -0.05) is 53.4 Å². The zero-order valence-electron chi connectivity index (χ0n) is 12.1. The lowest BCUT2D eigenvalue weighted by atomic mass is 10.1. The summed E-state index contributed by atoms with van der Waals surface area (Å²) in [6.45, 7) is 4.07. The Morgan fingerprint density at radius 1 is 1.29 bits per heavy atom. The summed E-state index contributed by atoms with van der Waals surface area (Å²) in [5.41, 5.74) is 0.892. The second-order valence-electron chi connectivity index (χ2n) is 4.60. The lowest BCUT2D eigenvalue weighted by Crippen LogP contribution is -2.10. The number of thioether (sulfide) groups is 1. The molecule has 0 aliphatic rings. The summed E-state index contributed by atoms with van der Waals surface area (Å²) in [7, 11) is 1.39. The van der Waals surface area contributed by atoms with Crippen molar-refractivity contribution in [2.45, 2.75) is 29.5 Å². The van der Waals surface area contributed by atoms with Gasteiger partial charge in [-0.05, 0) is 19.4 Å². The van der Waals surface area contributed by atoms with Gasteiger partial charge in [-0.2, -0.15) is 0 Å². The van der Waals surface area contributed by atoms with E-state index in [0.717, 1.165) is 15.0 Å². The van der Waals surface area contributed by atoms with Crippen LogP contribution in [0.3, 0.4) is 0 Å². The quantitative estimate of drug-likeness (QED) is 0.649. The molecule has 1 atom stereocenters. The lowest BCUT2D eigenvalue weighted by Gasteiger charge is -2.12. The Bertz CT molecular complexity index is 587. The van der Waals surface area contributed by atoms with Crippen molar-refractivity contribution in [3.8, 4) is 0 Å². The summed E-state index contributed by atoms with van der Waals surface area (Å²) >= 11 is 2.79. The van der Waals surface area contributed by atoms with E-state index in [0.29, 0.717) is 6.04 Å². The molecule has 1 heterocycles. The number of hydrogen-bond donors (Lipinski definition) is 1. The third kappa shape index (κ3) is 4.44. The van der Waals surface area contributed by atoms with E-state index >= 15 is 0 Å². The minimum absolute atomic E-state index is 0.292. The van der Waals surface area contributed by atoms with E-state index in [1.807, 2.05) is 44.2 Å². The number of nitrogens with zero attached hydrogens (tertiary/aromatic N) is 2. The lowest BCUT2D eigenvalue weighted by molar-refractivity contribution is -0.140. The minimum atomic E-state index is -0.434. The number of aromatic nitrogens is 2. The zero-order chi connectivity index (χ0) is 15.2. The van der Waals surface area contributed by atoms with E-state index in [-0.39, 0.29) is 5.97 Å². The molecule has 0 unspecified atom stereocenters. The van der Waals surface area contributed by atoms with Gasteiger partial charge in [0.2, 0.25) is 5.13 Å². The highest BCUT2D eigenvalue weighted by atomic mass is 32.2. The van der Waals surface area contributed by atoms with Gasteiger partial charge in [-0.3, -0.25) is 4.79 Å². The maximum absolute atomic E-state index is 12.0. The number of ether oxygens (including phenoxy) is 1. The molecule has 0 fully saturated rings. The molecule has 0 spiro atoms. The maximum Gasteiger partial charge on any atom is 0.323 e. The molecule has 2 rings (SSSR count). The van der Waals surface area contributed by atoms with Crippen LogP contribution in [0.1, 0.15) is 24.7 Å².